The third kappa shape index (κ3) is 6.17. The number of hydroxylamine groups is 1. The number of benzene rings is 2. The molecule has 208 valence electrons. The lowest BCUT2D eigenvalue weighted by Gasteiger charge is -2.35. The predicted molar refractivity (Wildman–Crippen MR) is 134 cm³/mol. The topological polar surface area (TPSA) is 82.2 Å². The Labute approximate surface area is 226 Å². The van der Waals surface area contributed by atoms with E-state index >= 15 is 0 Å². The van der Waals surface area contributed by atoms with Crippen LogP contribution in [0.15, 0.2) is 53.7 Å². The van der Waals surface area contributed by atoms with Crippen LogP contribution in [0.1, 0.15) is 29.8 Å². The predicted octanol–water partition coefficient (Wildman–Crippen LogP) is 4.26. The Balaban J connectivity index is 1.53. The first-order valence-corrected chi connectivity index (χ1v) is 12.4. The van der Waals surface area contributed by atoms with E-state index in [1.54, 1.807) is 31.2 Å². The fourth-order valence-corrected chi connectivity index (χ4v) is 4.57. The molecule has 2 aromatic carbocycles. The number of nitrogens with one attached hydrogen (secondary N) is 1. The van der Waals surface area contributed by atoms with Gasteiger partial charge in [-0.25, -0.2) is 9.18 Å². The first-order chi connectivity index (χ1) is 18.4. The lowest BCUT2D eigenvalue weighted by molar-refractivity contribution is -0.243. The van der Waals surface area contributed by atoms with E-state index in [0.29, 0.717) is 27.0 Å². The van der Waals surface area contributed by atoms with Gasteiger partial charge in [-0.05, 0) is 48.2 Å². The van der Waals surface area contributed by atoms with Crippen LogP contribution in [-0.4, -0.2) is 60.2 Å². The second-order valence-electron chi connectivity index (χ2n) is 9.28. The summed E-state index contributed by atoms with van der Waals surface area (Å²) in [5.41, 5.74) is 4.12. The average Bonchev–Trinajstić information content (AvgIpc) is 2.88. The molecule has 0 aromatic heterocycles. The number of hydrogen-bond donors (Lipinski definition) is 1. The van der Waals surface area contributed by atoms with Gasteiger partial charge in [-0.2, -0.15) is 18.6 Å². The Hall–Kier alpha value is -3.64. The molecule has 0 saturated carbocycles. The molecule has 0 radical (unpaired) electrons. The van der Waals surface area contributed by atoms with Crippen molar-refractivity contribution < 1.29 is 36.8 Å². The lowest BCUT2D eigenvalue weighted by Crippen LogP contribution is -2.52. The second kappa shape index (κ2) is 11.2. The molecule has 1 unspecified atom stereocenters. The Morgan fingerprint density at radius 3 is 2.54 bits per heavy atom. The van der Waals surface area contributed by atoms with Gasteiger partial charge in [-0.15, -0.1) is 5.17 Å². The molecule has 39 heavy (non-hydrogen) atoms. The molecule has 0 aliphatic carbocycles. The molecular formula is C26H25ClF4N4O4. The van der Waals surface area contributed by atoms with Gasteiger partial charge in [0.1, 0.15) is 12.4 Å². The van der Waals surface area contributed by atoms with E-state index < -0.39 is 23.9 Å². The number of rotatable bonds is 5. The molecule has 0 spiro atoms. The molecule has 4 rings (SSSR count). The molecular weight excluding hydrogens is 544 g/mol. The number of halogens is 5. The lowest BCUT2D eigenvalue weighted by atomic mass is 9.95. The zero-order chi connectivity index (χ0) is 28.5. The normalized spacial score (nSPS) is 18.5. The van der Waals surface area contributed by atoms with Gasteiger partial charge in [0, 0.05) is 26.1 Å². The van der Waals surface area contributed by atoms with Gasteiger partial charge in [0.25, 0.3) is 5.91 Å². The van der Waals surface area contributed by atoms with Crippen molar-refractivity contribution in [1.82, 2.24) is 15.5 Å². The fourth-order valence-electron chi connectivity index (χ4n) is 4.33. The SMILES string of the molecule is CC1=C(Cc2ccc(F)c(C(=O)N3CCN(c4ccccc4Cl)C(=O)C3)c2)N(OC(=O)C(F)(F)F)NCC1C. The van der Waals surface area contributed by atoms with E-state index in [4.69, 9.17) is 11.6 Å². The van der Waals surface area contributed by atoms with E-state index in [1.807, 2.05) is 6.92 Å². The molecule has 0 bridgehead atoms. The van der Waals surface area contributed by atoms with Crippen LogP contribution in [0.3, 0.4) is 0 Å². The van der Waals surface area contributed by atoms with Crippen molar-refractivity contribution >= 4 is 35.1 Å². The monoisotopic (exact) mass is 568 g/mol. The fraction of sp³-hybridized carbons (Fsp3) is 0.346. The maximum Gasteiger partial charge on any atom is 0.493 e. The number of para-hydroxylation sites is 1. The molecule has 1 fully saturated rings. The summed E-state index contributed by atoms with van der Waals surface area (Å²) in [6, 6.07) is 10.5. The number of piperazine rings is 1. The van der Waals surface area contributed by atoms with Crippen molar-refractivity contribution in [2.45, 2.75) is 26.4 Å². The van der Waals surface area contributed by atoms with Crippen molar-refractivity contribution in [2.24, 2.45) is 5.92 Å². The smallest absolute Gasteiger partial charge is 0.327 e. The molecule has 2 heterocycles. The van der Waals surface area contributed by atoms with Gasteiger partial charge in [-0.3, -0.25) is 9.59 Å². The number of hydrazine groups is 1. The number of allylic oxidation sites excluding steroid dienone is 1. The highest BCUT2D eigenvalue weighted by atomic mass is 35.5. The minimum absolute atomic E-state index is 0.0614. The highest BCUT2D eigenvalue weighted by Crippen LogP contribution is 2.29. The molecule has 2 aromatic rings. The minimum Gasteiger partial charge on any atom is -0.327 e. The largest absolute Gasteiger partial charge is 0.493 e. The third-order valence-corrected chi connectivity index (χ3v) is 6.99. The molecule has 8 nitrogen and oxygen atoms in total. The van der Waals surface area contributed by atoms with E-state index in [9.17, 15) is 31.9 Å². The summed E-state index contributed by atoms with van der Waals surface area (Å²) in [5.74, 6) is -4.40. The van der Waals surface area contributed by atoms with Crippen molar-refractivity contribution in [1.29, 1.82) is 0 Å². The first-order valence-electron chi connectivity index (χ1n) is 12.0. The van der Waals surface area contributed by atoms with Gasteiger partial charge in [-0.1, -0.05) is 36.7 Å². The van der Waals surface area contributed by atoms with Crippen LogP contribution < -0.4 is 10.3 Å². The molecule has 1 atom stereocenters. The zero-order valence-corrected chi connectivity index (χ0v) is 21.8. The van der Waals surface area contributed by atoms with Gasteiger partial charge < -0.3 is 14.6 Å². The molecule has 2 aliphatic heterocycles. The minimum atomic E-state index is -5.20. The van der Waals surface area contributed by atoms with Crippen LogP contribution in [0.25, 0.3) is 0 Å². The van der Waals surface area contributed by atoms with Gasteiger partial charge >= 0.3 is 12.1 Å². The molecule has 1 saturated heterocycles. The highest BCUT2D eigenvalue weighted by Gasteiger charge is 2.43. The molecule has 2 amide bonds. The third-order valence-electron chi connectivity index (χ3n) is 6.67. The quantitative estimate of drug-likeness (QED) is 0.543. The number of carbonyl (C=O) groups excluding carboxylic acids is 3. The van der Waals surface area contributed by atoms with E-state index in [-0.39, 0.29) is 55.7 Å². The van der Waals surface area contributed by atoms with Gasteiger partial charge in [0.2, 0.25) is 5.91 Å². The Bertz CT molecular complexity index is 1330. The number of nitrogens with zero attached hydrogens (tertiary/aromatic N) is 3. The zero-order valence-electron chi connectivity index (χ0n) is 21.0. The summed E-state index contributed by atoms with van der Waals surface area (Å²) in [5, 5.41) is 1.05. The van der Waals surface area contributed by atoms with Gasteiger partial charge in [0.05, 0.1) is 22.0 Å². The standard InChI is InChI=1S/C26H25ClF4N4O4/c1-15-13-32-35(39-25(38)26(29,30)31)22(16(15)2)12-17-7-8-20(28)18(11-17)24(37)33-9-10-34(23(36)14-33)21-6-4-3-5-19(21)27/h3-8,11,15,32H,9-10,12-14H2,1-2H3. The number of amides is 2. The summed E-state index contributed by atoms with van der Waals surface area (Å²) >= 11 is 6.20. The summed E-state index contributed by atoms with van der Waals surface area (Å²) in [7, 11) is 0. The van der Waals surface area contributed by atoms with E-state index in [0.717, 1.165) is 6.07 Å². The van der Waals surface area contributed by atoms with Crippen LogP contribution in [0.4, 0.5) is 23.2 Å². The Morgan fingerprint density at radius 1 is 1.15 bits per heavy atom. The number of alkyl halides is 3. The summed E-state index contributed by atoms with van der Waals surface area (Å²) in [6.45, 7) is 3.75. The summed E-state index contributed by atoms with van der Waals surface area (Å²) in [6.07, 6.45) is -5.26. The Kier molecular flexibility index (Phi) is 8.17. The van der Waals surface area contributed by atoms with E-state index in [2.05, 4.69) is 10.3 Å². The molecule has 2 aliphatic rings. The van der Waals surface area contributed by atoms with Crippen molar-refractivity contribution in [3.05, 3.63) is 75.7 Å². The van der Waals surface area contributed by atoms with Crippen LogP contribution in [0.5, 0.6) is 0 Å². The highest BCUT2D eigenvalue weighted by molar-refractivity contribution is 6.33. The van der Waals surface area contributed by atoms with Crippen LogP contribution in [0, 0.1) is 11.7 Å². The van der Waals surface area contributed by atoms with Crippen molar-refractivity contribution in [2.75, 3.05) is 31.1 Å². The first kappa shape index (κ1) is 28.4. The molecule has 13 heteroatoms. The number of anilines is 1. The Morgan fingerprint density at radius 2 is 1.87 bits per heavy atom. The number of carbonyl (C=O) groups is 3. The second-order valence-corrected chi connectivity index (χ2v) is 9.69. The van der Waals surface area contributed by atoms with Crippen molar-refractivity contribution in [3.8, 4) is 0 Å². The summed E-state index contributed by atoms with van der Waals surface area (Å²) < 4.78 is 53.2. The van der Waals surface area contributed by atoms with Crippen LogP contribution in [-0.2, 0) is 20.8 Å². The summed E-state index contributed by atoms with van der Waals surface area (Å²) in [4.78, 5) is 44.7. The maximum absolute atomic E-state index is 14.8. The molecule has 1 N–H and O–H groups in total. The van der Waals surface area contributed by atoms with Crippen LogP contribution in [0.2, 0.25) is 5.02 Å². The maximum atomic E-state index is 14.8. The van der Waals surface area contributed by atoms with Crippen LogP contribution >= 0.6 is 11.6 Å². The number of hydrogen-bond acceptors (Lipinski definition) is 6. The van der Waals surface area contributed by atoms with Crippen molar-refractivity contribution in [3.63, 3.8) is 0 Å². The van der Waals surface area contributed by atoms with Gasteiger partial charge in [0.15, 0.2) is 0 Å². The average molecular weight is 569 g/mol. The van der Waals surface area contributed by atoms with E-state index in [1.165, 1.54) is 21.9 Å².